The molecule has 3 nitrogen and oxygen atoms in total. The van der Waals surface area contributed by atoms with Crippen molar-refractivity contribution in [2.75, 3.05) is 12.4 Å². The summed E-state index contributed by atoms with van der Waals surface area (Å²) in [5.41, 5.74) is 1.61. The van der Waals surface area contributed by atoms with Gasteiger partial charge >= 0.3 is 0 Å². The third kappa shape index (κ3) is 2.53. The van der Waals surface area contributed by atoms with Gasteiger partial charge in [0.05, 0.1) is 18.2 Å². The Kier molecular flexibility index (Phi) is 3.95. The van der Waals surface area contributed by atoms with Crippen LogP contribution in [0.25, 0.3) is 0 Å². The highest BCUT2D eigenvalue weighted by Crippen LogP contribution is 2.34. The molecule has 2 rings (SSSR count). The molecule has 0 aromatic heterocycles. The number of alkyl halides is 1. The molecular formula is C14H18BrNO2. The van der Waals surface area contributed by atoms with Gasteiger partial charge in [0.1, 0.15) is 5.75 Å². The summed E-state index contributed by atoms with van der Waals surface area (Å²) in [4.78, 5) is 12.3. The Labute approximate surface area is 116 Å². The van der Waals surface area contributed by atoms with Gasteiger partial charge in [-0.2, -0.15) is 0 Å². The number of hydrogen-bond acceptors (Lipinski definition) is 2. The van der Waals surface area contributed by atoms with Crippen LogP contribution in [-0.2, 0) is 0 Å². The van der Waals surface area contributed by atoms with Gasteiger partial charge in [0.15, 0.2) is 0 Å². The molecule has 0 aliphatic heterocycles. The lowest BCUT2D eigenvalue weighted by atomic mass is 9.78. The minimum absolute atomic E-state index is 0.0466. The van der Waals surface area contributed by atoms with Crippen LogP contribution in [0.3, 0.4) is 0 Å². The smallest absolute Gasteiger partial charge is 0.255 e. The first kappa shape index (κ1) is 13.4. The summed E-state index contributed by atoms with van der Waals surface area (Å²) in [6, 6.07) is 5.65. The number of carbonyl (C=O) groups excluding carboxylic acids is 1. The Bertz CT molecular complexity index is 450. The topological polar surface area (TPSA) is 38.3 Å². The van der Waals surface area contributed by atoms with E-state index in [-0.39, 0.29) is 11.4 Å². The number of halogens is 1. The molecule has 0 bridgehead atoms. The highest BCUT2D eigenvalue weighted by Gasteiger charge is 2.37. The van der Waals surface area contributed by atoms with Crippen molar-refractivity contribution in [1.82, 2.24) is 5.32 Å². The molecule has 0 spiro atoms. The average Bonchev–Trinajstić information content (AvgIpc) is 2.33. The van der Waals surface area contributed by atoms with Crippen molar-refractivity contribution in [3.8, 4) is 5.75 Å². The van der Waals surface area contributed by atoms with Crippen LogP contribution in [0.4, 0.5) is 0 Å². The van der Waals surface area contributed by atoms with Crippen molar-refractivity contribution in [2.24, 2.45) is 0 Å². The maximum atomic E-state index is 12.3. The number of aryl methyl sites for hydroxylation is 1. The molecule has 0 atom stereocenters. The van der Waals surface area contributed by atoms with Gasteiger partial charge in [-0.15, -0.1) is 0 Å². The van der Waals surface area contributed by atoms with E-state index in [1.165, 1.54) is 6.42 Å². The molecule has 1 fully saturated rings. The number of rotatable bonds is 4. The quantitative estimate of drug-likeness (QED) is 0.868. The molecule has 1 aromatic carbocycles. The van der Waals surface area contributed by atoms with E-state index in [0.717, 1.165) is 23.7 Å². The summed E-state index contributed by atoms with van der Waals surface area (Å²) in [6.45, 7) is 1.97. The zero-order valence-corrected chi connectivity index (χ0v) is 12.3. The summed E-state index contributed by atoms with van der Waals surface area (Å²) in [6.07, 6.45) is 3.26. The maximum Gasteiger partial charge on any atom is 0.255 e. The van der Waals surface area contributed by atoms with E-state index in [2.05, 4.69) is 21.2 Å². The molecule has 98 valence electrons. The van der Waals surface area contributed by atoms with Gasteiger partial charge in [-0.25, -0.2) is 0 Å². The largest absolute Gasteiger partial charge is 0.496 e. The highest BCUT2D eigenvalue weighted by atomic mass is 79.9. The third-order valence-electron chi connectivity index (χ3n) is 3.54. The molecule has 1 aliphatic carbocycles. The van der Waals surface area contributed by atoms with E-state index >= 15 is 0 Å². The van der Waals surface area contributed by atoms with E-state index in [0.29, 0.717) is 11.3 Å². The van der Waals surface area contributed by atoms with Gasteiger partial charge in [-0.05, 0) is 38.3 Å². The van der Waals surface area contributed by atoms with E-state index in [4.69, 9.17) is 4.74 Å². The number of nitrogens with one attached hydrogen (secondary N) is 1. The lowest BCUT2D eigenvalue weighted by Crippen LogP contribution is -2.54. The fourth-order valence-electron chi connectivity index (χ4n) is 2.20. The second-order valence-electron chi connectivity index (χ2n) is 4.93. The SMILES string of the molecule is COc1ccc(C)cc1C(=O)NC1(CBr)CCC1. The summed E-state index contributed by atoms with van der Waals surface area (Å²) in [5.74, 6) is 0.580. The predicted molar refractivity (Wildman–Crippen MR) is 75.6 cm³/mol. The van der Waals surface area contributed by atoms with Crippen LogP contribution in [0, 0.1) is 6.92 Å². The van der Waals surface area contributed by atoms with Crippen LogP contribution < -0.4 is 10.1 Å². The number of hydrogen-bond donors (Lipinski definition) is 1. The van der Waals surface area contributed by atoms with Crippen LogP contribution in [0.5, 0.6) is 5.75 Å². The summed E-state index contributed by atoms with van der Waals surface area (Å²) < 4.78 is 5.25. The van der Waals surface area contributed by atoms with Crippen LogP contribution in [0.15, 0.2) is 18.2 Å². The van der Waals surface area contributed by atoms with Gasteiger partial charge in [0.25, 0.3) is 5.91 Å². The zero-order valence-electron chi connectivity index (χ0n) is 10.8. The molecule has 0 unspecified atom stereocenters. The number of carbonyl (C=O) groups is 1. The van der Waals surface area contributed by atoms with Crippen molar-refractivity contribution in [3.63, 3.8) is 0 Å². The first-order chi connectivity index (χ1) is 8.60. The van der Waals surface area contributed by atoms with Crippen LogP contribution in [0.1, 0.15) is 35.2 Å². The Balaban J connectivity index is 2.20. The lowest BCUT2D eigenvalue weighted by molar-refractivity contribution is 0.0853. The maximum absolute atomic E-state index is 12.3. The standard InChI is InChI=1S/C14H18BrNO2/c1-10-4-5-12(18-2)11(8-10)13(17)16-14(9-15)6-3-7-14/h4-5,8H,3,6-7,9H2,1-2H3,(H,16,17). The zero-order chi connectivity index (χ0) is 13.2. The third-order valence-corrected chi connectivity index (χ3v) is 4.62. The molecule has 1 aromatic rings. The van der Waals surface area contributed by atoms with Gasteiger partial charge in [0.2, 0.25) is 0 Å². The van der Waals surface area contributed by atoms with Gasteiger partial charge in [-0.3, -0.25) is 4.79 Å². The monoisotopic (exact) mass is 311 g/mol. The van der Waals surface area contributed by atoms with Crippen molar-refractivity contribution >= 4 is 21.8 Å². The van der Waals surface area contributed by atoms with Gasteiger partial charge in [-0.1, -0.05) is 27.6 Å². The van der Waals surface area contributed by atoms with Crippen LogP contribution in [0.2, 0.25) is 0 Å². The molecule has 0 radical (unpaired) electrons. The number of amides is 1. The van der Waals surface area contributed by atoms with E-state index in [1.807, 2.05) is 25.1 Å². The second-order valence-corrected chi connectivity index (χ2v) is 5.49. The molecule has 1 N–H and O–H groups in total. The van der Waals surface area contributed by atoms with Crippen molar-refractivity contribution in [2.45, 2.75) is 31.7 Å². The fraction of sp³-hybridized carbons (Fsp3) is 0.500. The van der Waals surface area contributed by atoms with Crippen molar-refractivity contribution in [3.05, 3.63) is 29.3 Å². The highest BCUT2D eigenvalue weighted by molar-refractivity contribution is 9.09. The first-order valence-corrected chi connectivity index (χ1v) is 7.25. The summed E-state index contributed by atoms with van der Waals surface area (Å²) in [5, 5.41) is 3.94. The molecule has 0 heterocycles. The van der Waals surface area contributed by atoms with E-state index < -0.39 is 0 Å². The normalized spacial score (nSPS) is 16.8. The minimum Gasteiger partial charge on any atom is -0.496 e. The van der Waals surface area contributed by atoms with Crippen molar-refractivity contribution in [1.29, 1.82) is 0 Å². The minimum atomic E-state index is -0.0636. The second kappa shape index (κ2) is 5.31. The molecule has 18 heavy (non-hydrogen) atoms. The first-order valence-electron chi connectivity index (χ1n) is 6.13. The van der Waals surface area contributed by atoms with Crippen LogP contribution >= 0.6 is 15.9 Å². The van der Waals surface area contributed by atoms with E-state index in [1.54, 1.807) is 7.11 Å². The Morgan fingerprint density at radius 1 is 1.50 bits per heavy atom. The Morgan fingerprint density at radius 2 is 2.22 bits per heavy atom. The average molecular weight is 312 g/mol. The molecule has 0 saturated heterocycles. The molecular weight excluding hydrogens is 294 g/mol. The van der Waals surface area contributed by atoms with Crippen LogP contribution in [-0.4, -0.2) is 23.9 Å². The Morgan fingerprint density at radius 3 is 2.72 bits per heavy atom. The fourth-order valence-corrected chi connectivity index (χ4v) is 2.90. The molecule has 1 aliphatic rings. The summed E-state index contributed by atoms with van der Waals surface area (Å²) in [7, 11) is 1.59. The number of benzene rings is 1. The van der Waals surface area contributed by atoms with Crippen molar-refractivity contribution < 1.29 is 9.53 Å². The molecule has 4 heteroatoms. The molecule has 1 saturated carbocycles. The number of ether oxygens (including phenoxy) is 1. The van der Waals surface area contributed by atoms with E-state index in [9.17, 15) is 4.79 Å². The Hall–Kier alpha value is -1.03. The van der Waals surface area contributed by atoms with Gasteiger partial charge < -0.3 is 10.1 Å². The summed E-state index contributed by atoms with van der Waals surface area (Å²) >= 11 is 3.49. The molecule has 1 amide bonds. The lowest BCUT2D eigenvalue weighted by Gasteiger charge is -2.41. The van der Waals surface area contributed by atoms with Gasteiger partial charge in [0, 0.05) is 5.33 Å². The predicted octanol–water partition coefficient (Wildman–Crippen LogP) is 3.05. The number of methoxy groups -OCH3 is 1.